The molecule has 1 aliphatic rings. The number of hydrogen-bond acceptors (Lipinski definition) is 2. The third kappa shape index (κ3) is 1.76. The van der Waals surface area contributed by atoms with Crippen LogP contribution in [0.4, 0.5) is 0 Å². The molecule has 0 saturated carbocycles. The molecule has 12 heavy (non-hydrogen) atoms. The zero-order valence-electron chi connectivity index (χ0n) is 8.13. The van der Waals surface area contributed by atoms with Crippen molar-refractivity contribution in [2.75, 3.05) is 5.88 Å². The summed E-state index contributed by atoms with van der Waals surface area (Å²) in [6.07, 6.45) is 0.166. The van der Waals surface area contributed by atoms with Crippen LogP contribution in [0.5, 0.6) is 0 Å². The van der Waals surface area contributed by atoms with Crippen LogP contribution in [0.3, 0.4) is 0 Å². The first-order valence-electron chi connectivity index (χ1n) is 4.35. The van der Waals surface area contributed by atoms with Crippen LogP contribution in [0.15, 0.2) is 0 Å². The van der Waals surface area contributed by atoms with Crippen LogP contribution in [0.25, 0.3) is 0 Å². The molecule has 1 aliphatic heterocycles. The zero-order chi connectivity index (χ0) is 9.35. The lowest BCUT2D eigenvalue weighted by atomic mass is 9.81. The van der Waals surface area contributed by atoms with Gasteiger partial charge in [-0.25, -0.2) is 0 Å². The number of hydrogen-bond donors (Lipinski definition) is 0. The molecule has 0 radical (unpaired) electrons. The van der Waals surface area contributed by atoms with Gasteiger partial charge in [-0.15, -0.1) is 11.6 Å². The van der Waals surface area contributed by atoms with E-state index in [4.69, 9.17) is 21.1 Å². The predicted octanol–water partition coefficient (Wildman–Crippen LogP) is 2.40. The highest BCUT2D eigenvalue weighted by atomic mass is 35.5. The first-order valence-corrected chi connectivity index (χ1v) is 4.88. The summed E-state index contributed by atoms with van der Waals surface area (Å²) in [4.78, 5) is 0. The molecule has 0 aromatic heterocycles. The van der Waals surface area contributed by atoms with Gasteiger partial charge in [0.25, 0.3) is 0 Å². The first kappa shape index (κ1) is 10.3. The molecule has 0 spiro atoms. The molecule has 2 nitrogen and oxygen atoms in total. The summed E-state index contributed by atoms with van der Waals surface area (Å²) in [5.74, 6) is 0.408. The molecule has 2 atom stereocenters. The van der Waals surface area contributed by atoms with E-state index in [1.807, 2.05) is 0 Å². The van der Waals surface area contributed by atoms with Crippen molar-refractivity contribution in [3.8, 4) is 0 Å². The van der Waals surface area contributed by atoms with Crippen LogP contribution < -0.4 is 0 Å². The van der Waals surface area contributed by atoms with E-state index in [0.29, 0.717) is 5.88 Å². The SMILES string of the molecule is CC1OC(CCl)OC(C)C1(C)C. The van der Waals surface area contributed by atoms with Gasteiger partial charge in [0.2, 0.25) is 0 Å². The second kappa shape index (κ2) is 3.52. The topological polar surface area (TPSA) is 18.5 Å². The predicted molar refractivity (Wildman–Crippen MR) is 49.4 cm³/mol. The Hall–Kier alpha value is 0.210. The Morgan fingerprint density at radius 2 is 1.58 bits per heavy atom. The van der Waals surface area contributed by atoms with Gasteiger partial charge >= 0.3 is 0 Å². The highest BCUT2D eigenvalue weighted by Gasteiger charge is 2.40. The molecule has 1 rings (SSSR count). The molecule has 0 bridgehead atoms. The number of alkyl halides is 1. The largest absolute Gasteiger partial charge is 0.348 e. The minimum atomic E-state index is -0.232. The van der Waals surface area contributed by atoms with E-state index in [0.717, 1.165) is 0 Å². The van der Waals surface area contributed by atoms with Crippen LogP contribution in [0, 0.1) is 5.41 Å². The minimum absolute atomic E-state index is 0.0720. The standard InChI is InChI=1S/C9H17ClO2/c1-6-9(3,4)7(2)12-8(5-10)11-6/h6-8H,5H2,1-4H3. The Morgan fingerprint density at radius 3 is 1.92 bits per heavy atom. The maximum atomic E-state index is 5.65. The van der Waals surface area contributed by atoms with Gasteiger partial charge in [0.1, 0.15) is 0 Å². The summed E-state index contributed by atoms with van der Waals surface area (Å²) < 4.78 is 11.1. The van der Waals surface area contributed by atoms with Gasteiger partial charge in [0.15, 0.2) is 6.29 Å². The van der Waals surface area contributed by atoms with Crippen molar-refractivity contribution in [3.05, 3.63) is 0 Å². The van der Waals surface area contributed by atoms with Gasteiger partial charge in [-0.3, -0.25) is 0 Å². The molecule has 2 unspecified atom stereocenters. The summed E-state index contributed by atoms with van der Waals surface area (Å²) in [5, 5.41) is 0. The lowest BCUT2D eigenvalue weighted by Crippen LogP contribution is -2.50. The summed E-state index contributed by atoms with van der Waals surface area (Å²) in [6, 6.07) is 0. The van der Waals surface area contributed by atoms with Gasteiger partial charge in [0, 0.05) is 5.41 Å². The molecule has 72 valence electrons. The van der Waals surface area contributed by atoms with Gasteiger partial charge < -0.3 is 9.47 Å². The van der Waals surface area contributed by atoms with Crippen molar-refractivity contribution < 1.29 is 9.47 Å². The summed E-state index contributed by atoms with van der Waals surface area (Å²) in [6.45, 7) is 8.43. The Bertz CT molecular complexity index is 145. The van der Waals surface area contributed by atoms with Gasteiger partial charge in [-0.2, -0.15) is 0 Å². The van der Waals surface area contributed by atoms with Gasteiger partial charge in [-0.1, -0.05) is 13.8 Å². The molecular formula is C9H17ClO2. The Balaban J connectivity index is 2.64. The van der Waals surface area contributed by atoms with E-state index in [1.165, 1.54) is 0 Å². The molecule has 1 saturated heterocycles. The fourth-order valence-electron chi connectivity index (χ4n) is 1.24. The summed E-state index contributed by atoms with van der Waals surface area (Å²) >= 11 is 5.65. The maximum Gasteiger partial charge on any atom is 0.171 e. The fraction of sp³-hybridized carbons (Fsp3) is 1.00. The molecule has 0 aliphatic carbocycles. The van der Waals surface area contributed by atoms with Crippen LogP contribution in [0.2, 0.25) is 0 Å². The van der Waals surface area contributed by atoms with Crippen molar-refractivity contribution in [3.63, 3.8) is 0 Å². The molecular weight excluding hydrogens is 176 g/mol. The van der Waals surface area contributed by atoms with E-state index in [9.17, 15) is 0 Å². The maximum absolute atomic E-state index is 5.65. The number of ether oxygens (including phenoxy) is 2. The molecule has 0 N–H and O–H groups in total. The average molecular weight is 193 g/mol. The van der Waals surface area contributed by atoms with Crippen LogP contribution >= 0.6 is 11.6 Å². The zero-order valence-corrected chi connectivity index (χ0v) is 8.89. The minimum Gasteiger partial charge on any atom is -0.348 e. The first-order chi connectivity index (χ1) is 5.48. The average Bonchev–Trinajstić information content (AvgIpc) is 2.00. The third-order valence-electron chi connectivity index (χ3n) is 2.93. The van der Waals surface area contributed by atoms with Crippen molar-refractivity contribution >= 4 is 11.6 Å². The van der Waals surface area contributed by atoms with Gasteiger partial charge in [-0.05, 0) is 13.8 Å². The Morgan fingerprint density at radius 1 is 1.17 bits per heavy atom. The van der Waals surface area contributed by atoms with Crippen LogP contribution in [-0.2, 0) is 9.47 Å². The molecule has 1 heterocycles. The smallest absolute Gasteiger partial charge is 0.171 e. The van der Waals surface area contributed by atoms with Crippen molar-refractivity contribution in [2.45, 2.75) is 46.2 Å². The Labute approximate surface area is 79.2 Å². The molecule has 3 heteroatoms. The second-order valence-electron chi connectivity index (χ2n) is 3.96. The summed E-state index contributed by atoms with van der Waals surface area (Å²) in [5.41, 5.74) is 0.0720. The molecule has 0 aromatic rings. The number of rotatable bonds is 1. The summed E-state index contributed by atoms with van der Waals surface area (Å²) in [7, 11) is 0. The fourth-order valence-corrected chi connectivity index (χ4v) is 1.39. The molecule has 0 aromatic carbocycles. The quantitative estimate of drug-likeness (QED) is 0.594. The van der Waals surface area contributed by atoms with E-state index in [2.05, 4.69) is 27.7 Å². The van der Waals surface area contributed by atoms with Gasteiger partial charge in [0.05, 0.1) is 18.1 Å². The highest BCUT2D eigenvalue weighted by Crippen LogP contribution is 2.35. The molecule has 0 amide bonds. The van der Waals surface area contributed by atoms with Crippen molar-refractivity contribution in [1.29, 1.82) is 0 Å². The lowest BCUT2D eigenvalue weighted by Gasteiger charge is -2.44. The monoisotopic (exact) mass is 192 g/mol. The lowest BCUT2D eigenvalue weighted by molar-refractivity contribution is -0.275. The van der Waals surface area contributed by atoms with E-state index >= 15 is 0 Å². The van der Waals surface area contributed by atoms with Crippen LogP contribution in [-0.4, -0.2) is 24.4 Å². The highest BCUT2D eigenvalue weighted by molar-refractivity contribution is 6.18. The molecule has 1 fully saturated rings. The number of halogens is 1. The van der Waals surface area contributed by atoms with E-state index < -0.39 is 0 Å². The van der Waals surface area contributed by atoms with Crippen molar-refractivity contribution in [2.24, 2.45) is 5.41 Å². The second-order valence-corrected chi connectivity index (χ2v) is 4.27. The van der Waals surface area contributed by atoms with E-state index in [1.54, 1.807) is 0 Å². The normalized spacial score (nSPS) is 41.2. The Kier molecular flexibility index (Phi) is 3.02. The third-order valence-corrected chi connectivity index (χ3v) is 3.19. The van der Waals surface area contributed by atoms with Crippen molar-refractivity contribution in [1.82, 2.24) is 0 Å². The van der Waals surface area contributed by atoms with Crippen LogP contribution in [0.1, 0.15) is 27.7 Å². The van der Waals surface area contributed by atoms with E-state index in [-0.39, 0.29) is 23.9 Å².